The maximum absolute atomic E-state index is 11.2. The van der Waals surface area contributed by atoms with Crippen molar-refractivity contribution >= 4 is 65.4 Å². The van der Waals surface area contributed by atoms with Crippen LogP contribution in [0.5, 0.6) is 28.7 Å². The molecule has 0 saturated heterocycles. The lowest BCUT2D eigenvalue weighted by Gasteiger charge is -2.20. The third kappa shape index (κ3) is 4.66. The van der Waals surface area contributed by atoms with Crippen molar-refractivity contribution in [2.75, 3.05) is 0 Å². The second-order valence-corrected chi connectivity index (χ2v) is 14.3. The van der Waals surface area contributed by atoms with Crippen molar-refractivity contribution < 1.29 is 34.4 Å². The third-order valence-corrected chi connectivity index (χ3v) is 11.2. The van der Waals surface area contributed by atoms with Crippen LogP contribution in [0.2, 0.25) is 0 Å². The van der Waals surface area contributed by atoms with E-state index in [0.717, 1.165) is 88.0 Å². The zero-order valence-electron chi connectivity index (χ0n) is 30.0. The average Bonchev–Trinajstić information content (AvgIpc) is 3.82. The Morgan fingerprint density at radius 3 is 1.40 bits per heavy atom. The van der Waals surface area contributed by atoms with Gasteiger partial charge in [-0.25, -0.2) is 0 Å². The number of aromatic hydroxyl groups is 5. The maximum atomic E-state index is 11.2. The predicted molar refractivity (Wildman–Crippen MR) is 226 cm³/mol. The third-order valence-electron chi connectivity index (χ3n) is 11.2. The van der Waals surface area contributed by atoms with E-state index in [9.17, 15) is 25.5 Å². The number of phenols is 5. The van der Waals surface area contributed by atoms with Crippen LogP contribution in [0.3, 0.4) is 0 Å². The molecule has 0 atom stereocenters. The molecule has 0 radical (unpaired) electrons. The average molecular weight is 743 g/mol. The quantitative estimate of drug-likeness (QED) is 0.0690. The van der Waals surface area contributed by atoms with Gasteiger partial charge < -0.3 is 34.4 Å². The van der Waals surface area contributed by atoms with E-state index in [0.29, 0.717) is 16.3 Å². The first-order valence-corrected chi connectivity index (χ1v) is 18.5. The van der Waals surface area contributed by atoms with Crippen LogP contribution < -0.4 is 0 Å². The van der Waals surface area contributed by atoms with Gasteiger partial charge in [0.05, 0.1) is 5.56 Å². The highest BCUT2D eigenvalue weighted by Crippen LogP contribution is 2.58. The fraction of sp³-hybridized carbons (Fsp3) is 0. The van der Waals surface area contributed by atoms with Crippen LogP contribution in [0.1, 0.15) is 0 Å². The van der Waals surface area contributed by atoms with Crippen molar-refractivity contribution in [3.63, 3.8) is 0 Å². The molecule has 0 aliphatic heterocycles. The lowest BCUT2D eigenvalue weighted by Crippen LogP contribution is -1.93. The summed E-state index contributed by atoms with van der Waals surface area (Å²) in [6, 6.07) is 50.3. The molecule has 57 heavy (non-hydrogen) atoms. The zero-order chi connectivity index (χ0) is 38.5. The summed E-state index contributed by atoms with van der Waals surface area (Å²) in [5, 5.41) is 60.8. The number of hydrogen-bond acceptors (Lipinski definition) is 7. The molecule has 272 valence electrons. The van der Waals surface area contributed by atoms with Gasteiger partial charge in [-0.1, -0.05) is 115 Å². The number of phenolic OH excluding ortho intramolecular Hbond substituents is 5. The molecule has 2 aromatic heterocycles. The van der Waals surface area contributed by atoms with Crippen LogP contribution in [-0.4, -0.2) is 25.5 Å². The molecule has 0 unspecified atom stereocenters. The first-order valence-electron chi connectivity index (χ1n) is 18.5. The molecular formula is C50H30O7. The van der Waals surface area contributed by atoms with Crippen LogP contribution in [-0.2, 0) is 0 Å². The smallest absolute Gasteiger partial charge is 0.208 e. The molecule has 0 fully saturated rings. The van der Waals surface area contributed by atoms with E-state index >= 15 is 0 Å². The van der Waals surface area contributed by atoms with E-state index in [1.807, 2.05) is 103 Å². The van der Waals surface area contributed by atoms with E-state index in [1.54, 1.807) is 0 Å². The Hall–Kier alpha value is -7.90. The van der Waals surface area contributed by atoms with Crippen molar-refractivity contribution in [2.24, 2.45) is 0 Å². The maximum Gasteiger partial charge on any atom is 0.208 e. The summed E-state index contributed by atoms with van der Waals surface area (Å²) in [4.78, 5) is 0. The van der Waals surface area contributed by atoms with Crippen LogP contribution in [0.25, 0.3) is 110 Å². The summed E-state index contributed by atoms with van der Waals surface area (Å²) in [5.74, 6) is -4.36. The lowest BCUT2D eigenvalue weighted by atomic mass is 9.84. The fourth-order valence-corrected chi connectivity index (χ4v) is 8.71. The molecule has 0 saturated carbocycles. The van der Waals surface area contributed by atoms with Gasteiger partial charge in [0.25, 0.3) is 0 Å². The number of para-hydroxylation sites is 2. The Labute approximate surface area is 323 Å². The second kappa shape index (κ2) is 12.1. The number of benzene rings is 9. The van der Waals surface area contributed by atoms with Crippen molar-refractivity contribution in [2.45, 2.75) is 0 Å². The Balaban J connectivity index is 1.21. The largest absolute Gasteiger partial charge is 0.504 e. The van der Waals surface area contributed by atoms with Gasteiger partial charge in [0.15, 0.2) is 11.5 Å². The van der Waals surface area contributed by atoms with Gasteiger partial charge in [0, 0.05) is 32.7 Å². The zero-order valence-corrected chi connectivity index (χ0v) is 30.0. The molecule has 0 bridgehead atoms. The SMILES string of the molecule is Oc1c(O)c(O)c(-c2c3ccccc3c(-c3cccc(-c4c(-c5ccc6oc7ccccc7c6c5)ccc5oc6ccccc6c45)c3)c3ccccc23)c(O)c1O. The molecule has 9 aromatic carbocycles. The number of furan rings is 2. The Bertz CT molecular complexity index is 3390. The molecule has 5 N–H and O–H groups in total. The van der Waals surface area contributed by atoms with Crippen LogP contribution >= 0.6 is 0 Å². The molecule has 0 spiro atoms. The summed E-state index contributed by atoms with van der Waals surface area (Å²) in [6.07, 6.45) is 0. The molecule has 11 rings (SSSR count). The van der Waals surface area contributed by atoms with Crippen LogP contribution in [0, 0.1) is 0 Å². The molecule has 0 amide bonds. The Morgan fingerprint density at radius 2 is 0.754 bits per heavy atom. The van der Waals surface area contributed by atoms with E-state index in [-0.39, 0.29) is 5.56 Å². The van der Waals surface area contributed by atoms with Gasteiger partial charge >= 0.3 is 0 Å². The highest BCUT2D eigenvalue weighted by atomic mass is 16.4. The topological polar surface area (TPSA) is 127 Å². The molecule has 0 aliphatic carbocycles. The van der Waals surface area contributed by atoms with Gasteiger partial charge in [0.2, 0.25) is 17.2 Å². The summed E-state index contributed by atoms with van der Waals surface area (Å²) in [5.41, 5.74) is 9.30. The number of fused-ring (bicyclic) bond motifs is 8. The van der Waals surface area contributed by atoms with Gasteiger partial charge in [-0.05, 0) is 85.8 Å². The van der Waals surface area contributed by atoms with Gasteiger partial charge in [-0.3, -0.25) is 0 Å². The van der Waals surface area contributed by atoms with Gasteiger partial charge in [0.1, 0.15) is 22.3 Å². The predicted octanol–water partition coefficient (Wildman–Crippen LogP) is 13.0. The Morgan fingerprint density at radius 1 is 0.281 bits per heavy atom. The van der Waals surface area contributed by atoms with Gasteiger partial charge in [-0.2, -0.15) is 0 Å². The van der Waals surface area contributed by atoms with E-state index < -0.39 is 28.7 Å². The highest BCUT2D eigenvalue weighted by molar-refractivity contribution is 6.23. The van der Waals surface area contributed by atoms with Gasteiger partial charge in [-0.15, -0.1) is 0 Å². The van der Waals surface area contributed by atoms with Crippen LogP contribution in [0.15, 0.2) is 160 Å². The monoisotopic (exact) mass is 742 g/mol. The molecule has 7 heteroatoms. The minimum atomic E-state index is -1.01. The Kier molecular flexibility index (Phi) is 6.88. The van der Waals surface area contributed by atoms with Crippen molar-refractivity contribution in [1.82, 2.24) is 0 Å². The van der Waals surface area contributed by atoms with E-state index in [2.05, 4.69) is 48.5 Å². The summed E-state index contributed by atoms with van der Waals surface area (Å²) in [7, 11) is 0. The van der Waals surface area contributed by atoms with Crippen molar-refractivity contribution in [1.29, 1.82) is 0 Å². The second-order valence-electron chi connectivity index (χ2n) is 14.3. The highest BCUT2D eigenvalue weighted by Gasteiger charge is 2.28. The fourth-order valence-electron chi connectivity index (χ4n) is 8.71. The molecular weight excluding hydrogens is 713 g/mol. The number of rotatable bonds is 4. The summed E-state index contributed by atoms with van der Waals surface area (Å²) >= 11 is 0. The van der Waals surface area contributed by atoms with Crippen LogP contribution in [0.4, 0.5) is 0 Å². The molecule has 2 heterocycles. The van der Waals surface area contributed by atoms with E-state index in [1.165, 1.54) is 0 Å². The first-order chi connectivity index (χ1) is 27.9. The van der Waals surface area contributed by atoms with Crippen molar-refractivity contribution in [3.05, 3.63) is 152 Å². The lowest BCUT2D eigenvalue weighted by molar-refractivity contribution is 0.330. The molecule has 0 aliphatic rings. The molecule has 11 aromatic rings. The summed E-state index contributed by atoms with van der Waals surface area (Å²) < 4.78 is 12.6. The minimum absolute atomic E-state index is 0.193. The normalized spacial score (nSPS) is 11.9. The first kappa shape index (κ1) is 32.5. The molecule has 7 nitrogen and oxygen atoms in total. The van der Waals surface area contributed by atoms with Crippen molar-refractivity contribution in [3.8, 4) is 73.3 Å². The minimum Gasteiger partial charge on any atom is -0.504 e. The summed E-state index contributed by atoms with van der Waals surface area (Å²) in [6.45, 7) is 0. The standard InChI is InChI=1S/C50H30O7/c51-46-45(47(52)49(54)50(55)48(46)53)43-33-15-3-1-13-31(33)41(32-14-2-4-16-34(32)43)27-10-9-11-28(24-27)42-29(21-23-40-44(42)35-17-6-8-19-38(35)57-40)26-20-22-39-36(25-26)30-12-5-7-18-37(30)56-39/h1-25,51-55H. The number of hydrogen-bond donors (Lipinski definition) is 5. The van der Waals surface area contributed by atoms with E-state index in [4.69, 9.17) is 8.83 Å².